The Kier molecular flexibility index (Phi) is 6.51. The predicted molar refractivity (Wildman–Crippen MR) is 115 cm³/mol. The van der Waals surface area contributed by atoms with E-state index in [1.807, 2.05) is 0 Å². The van der Waals surface area contributed by atoms with Crippen molar-refractivity contribution in [3.05, 3.63) is 78.9 Å². The van der Waals surface area contributed by atoms with E-state index in [9.17, 15) is 8.42 Å². The Bertz CT molecular complexity index is 1060. The molecule has 29 heavy (non-hydrogen) atoms. The number of benzene rings is 3. The summed E-state index contributed by atoms with van der Waals surface area (Å²) in [5.41, 5.74) is 1.33. The van der Waals surface area contributed by atoms with Crippen LogP contribution in [0.3, 0.4) is 0 Å². The molecule has 1 N–H and O–H groups in total. The number of sulfone groups is 1. The first kappa shape index (κ1) is 20.4. The molecule has 3 aromatic rings. The summed E-state index contributed by atoms with van der Waals surface area (Å²) in [6.07, 6.45) is 0. The first-order valence-electron chi connectivity index (χ1n) is 8.91. The molecule has 0 fully saturated rings. The van der Waals surface area contributed by atoms with Crippen molar-refractivity contribution in [2.75, 3.05) is 25.3 Å². The van der Waals surface area contributed by atoms with Crippen LogP contribution in [0, 0.1) is 0 Å². The van der Waals surface area contributed by atoms with Gasteiger partial charge in [0.2, 0.25) is 0 Å². The Labute approximate surface area is 170 Å². The number of hydrogen-bond donors (Lipinski definition) is 1. The maximum Gasteiger partial charge on any atom is 0.185 e. The lowest BCUT2D eigenvalue weighted by Gasteiger charge is -2.12. The molecule has 0 unspecified atom stereocenters. The molecule has 0 aliphatic carbocycles. The Morgan fingerprint density at radius 3 is 1.93 bits per heavy atom. The third kappa shape index (κ3) is 5.58. The Hall–Kier alpha value is -3.32. The van der Waals surface area contributed by atoms with Crippen molar-refractivity contribution in [2.45, 2.75) is 4.90 Å². The molecule has 7 heteroatoms. The molecule has 150 valence electrons. The average Bonchev–Trinajstić information content (AvgIpc) is 2.75. The van der Waals surface area contributed by atoms with Gasteiger partial charge in [0.25, 0.3) is 0 Å². The van der Waals surface area contributed by atoms with Gasteiger partial charge in [0.15, 0.2) is 9.84 Å². The average molecular weight is 410 g/mol. The number of amidine groups is 1. The molecule has 0 bridgehead atoms. The lowest BCUT2D eigenvalue weighted by atomic mass is 10.3. The van der Waals surface area contributed by atoms with Gasteiger partial charge in [0, 0.05) is 5.69 Å². The normalized spacial score (nSPS) is 11.7. The van der Waals surface area contributed by atoms with Crippen molar-refractivity contribution >= 4 is 27.0 Å². The van der Waals surface area contributed by atoms with Crippen LogP contribution in [-0.4, -0.2) is 34.2 Å². The SMILES string of the molecule is COc1ccc(N=C(CS(=O)(=O)c2ccccc2)Nc2ccc(OC)cc2)cc1. The fraction of sp³-hybridized carbons (Fsp3) is 0.136. The number of nitrogens with zero attached hydrogens (tertiary/aromatic N) is 1. The molecule has 0 radical (unpaired) electrons. The minimum Gasteiger partial charge on any atom is -0.497 e. The number of aliphatic imine (C=N–C) groups is 1. The zero-order valence-corrected chi connectivity index (χ0v) is 17.0. The van der Waals surface area contributed by atoms with Crippen LogP contribution in [-0.2, 0) is 9.84 Å². The molecule has 0 saturated heterocycles. The fourth-order valence-electron chi connectivity index (χ4n) is 2.64. The molecule has 0 amide bonds. The van der Waals surface area contributed by atoms with Crippen molar-refractivity contribution in [1.29, 1.82) is 0 Å². The molecule has 0 aromatic heterocycles. The van der Waals surface area contributed by atoms with Gasteiger partial charge in [-0.15, -0.1) is 0 Å². The number of anilines is 1. The summed E-state index contributed by atoms with van der Waals surface area (Å²) in [5.74, 6) is 1.45. The molecule has 3 rings (SSSR count). The smallest absolute Gasteiger partial charge is 0.185 e. The Morgan fingerprint density at radius 2 is 1.38 bits per heavy atom. The third-order valence-electron chi connectivity index (χ3n) is 4.14. The monoisotopic (exact) mass is 410 g/mol. The maximum atomic E-state index is 12.9. The van der Waals surface area contributed by atoms with Crippen LogP contribution in [0.5, 0.6) is 11.5 Å². The fourth-order valence-corrected chi connectivity index (χ4v) is 3.88. The van der Waals surface area contributed by atoms with E-state index in [1.54, 1.807) is 93.1 Å². The van der Waals surface area contributed by atoms with E-state index in [-0.39, 0.29) is 10.6 Å². The van der Waals surface area contributed by atoms with Crippen LogP contribution >= 0.6 is 0 Å². The second-order valence-electron chi connectivity index (χ2n) is 6.18. The van der Waals surface area contributed by atoms with Gasteiger partial charge < -0.3 is 14.8 Å². The number of ether oxygens (including phenoxy) is 2. The molecule has 0 saturated carbocycles. The van der Waals surface area contributed by atoms with Crippen LogP contribution in [0.1, 0.15) is 0 Å². The first-order valence-corrected chi connectivity index (χ1v) is 10.6. The minimum atomic E-state index is -3.57. The van der Waals surface area contributed by atoms with Crippen molar-refractivity contribution < 1.29 is 17.9 Å². The van der Waals surface area contributed by atoms with E-state index in [1.165, 1.54) is 0 Å². The second kappa shape index (κ2) is 9.25. The maximum absolute atomic E-state index is 12.9. The zero-order valence-electron chi connectivity index (χ0n) is 16.2. The topological polar surface area (TPSA) is 77.0 Å². The van der Waals surface area contributed by atoms with Crippen LogP contribution < -0.4 is 14.8 Å². The zero-order chi connectivity index (χ0) is 20.7. The highest BCUT2D eigenvalue weighted by Gasteiger charge is 2.18. The van der Waals surface area contributed by atoms with Gasteiger partial charge in [-0.05, 0) is 60.7 Å². The number of hydrogen-bond acceptors (Lipinski definition) is 5. The summed E-state index contributed by atoms with van der Waals surface area (Å²) in [7, 11) is -0.395. The molecule has 3 aromatic carbocycles. The summed E-state index contributed by atoms with van der Waals surface area (Å²) in [6, 6.07) is 22.6. The summed E-state index contributed by atoms with van der Waals surface area (Å²) in [4.78, 5) is 4.77. The quantitative estimate of drug-likeness (QED) is 0.464. The Morgan fingerprint density at radius 1 is 0.828 bits per heavy atom. The van der Waals surface area contributed by atoms with Crippen LogP contribution in [0.25, 0.3) is 0 Å². The van der Waals surface area contributed by atoms with Gasteiger partial charge in [-0.1, -0.05) is 18.2 Å². The predicted octanol–water partition coefficient (Wildman–Crippen LogP) is 4.32. The molecule has 0 spiro atoms. The summed E-state index contributed by atoms with van der Waals surface area (Å²) in [6.45, 7) is 0. The third-order valence-corrected chi connectivity index (χ3v) is 5.79. The summed E-state index contributed by atoms with van der Waals surface area (Å²) < 4.78 is 36.0. The highest BCUT2D eigenvalue weighted by molar-refractivity contribution is 7.92. The van der Waals surface area contributed by atoms with Crippen molar-refractivity contribution in [1.82, 2.24) is 0 Å². The number of rotatable bonds is 7. The van der Waals surface area contributed by atoms with Gasteiger partial charge in [-0.3, -0.25) is 0 Å². The lowest BCUT2D eigenvalue weighted by Crippen LogP contribution is -2.23. The molecule has 0 atom stereocenters. The van der Waals surface area contributed by atoms with Gasteiger partial charge in [-0.25, -0.2) is 13.4 Å². The van der Waals surface area contributed by atoms with E-state index in [0.717, 1.165) is 0 Å². The second-order valence-corrected chi connectivity index (χ2v) is 8.17. The van der Waals surface area contributed by atoms with E-state index in [0.29, 0.717) is 28.7 Å². The molecule has 6 nitrogen and oxygen atoms in total. The molecule has 0 heterocycles. The van der Waals surface area contributed by atoms with E-state index in [2.05, 4.69) is 10.3 Å². The highest BCUT2D eigenvalue weighted by atomic mass is 32.2. The van der Waals surface area contributed by atoms with Crippen molar-refractivity contribution in [2.24, 2.45) is 4.99 Å². The lowest BCUT2D eigenvalue weighted by molar-refractivity contribution is 0.415. The molecular formula is C22H22N2O4S. The summed E-state index contributed by atoms with van der Waals surface area (Å²) in [5, 5.41) is 3.12. The van der Waals surface area contributed by atoms with Crippen molar-refractivity contribution in [3.63, 3.8) is 0 Å². The highest BCUT2D eigenvalue weighted by Crippen LogP contribution is 2.21. The summed E-state index contributed by atoms with van der Waals surface area (Å²) >= 11 is 0. The standard InChI is InChI=1S/C22H22N2O4S/c1-27-19-12-8-17(9-13-19)23-22(24-18-10-14-20(28-2)15-11-18)16-29(25,26)21-6-4-3-5-7-21/h3-15H,16H2,1-2H3,(H,23,24). The van der Waals surface area contributed by atoms with E-state index in [4.69, 9.17) is 9.47 Å². The van der Waals surface area contributed by atoms with Crippen LogP contribution in [0.2, 0.25) is 0 Å². The first-order chi connectivity index (χ1) is 14.0. The van der Waals surface area contributed by atoms with Gasteiger partial charge >= 0.3 is 0 Å². The van der Waals surface area contributed by atoms with Crippen LogP contribution in [0.15, 0.2) is 88.8 Å². The number of nitrogens with one attached hydrogen (secondary N) is 1. The minimum absolute atomic E-state index is 0.249. The molecule has 0 aliphatic rings. The largest absolute Gasteiger partial charge is 0.497 e. The molecule has 0 aliphatic heterocycles. The van der Waals surface area contributed by atoms with E-state index >= 15 is 0 Å². The molecular weight excluding hydrogens is 388 g/mol. The van der Waals surface area contributed by atoms with Gasteiger partial charge in [0.1, 0.15) is 23.1 Å². The van der Waals surface area contributed by atoms with Crippen molar-refractivity contribution in [3.8, 4) is 11.5 Å². The van der Waals surface area contributed by atoms with Gasteiger partial charge in [-0.2, -0.15) is 0 Å². The number of methoxy groups -OCH3 is 2. The van der Waals surface area contributed by atoms with E-state index < -0.39 is 9.84 Å². The van der Waals surface area contributed by atoms with Gasteiger partial charge in [0.05, 0.1) is 24.8 Å². The Balaban J connectivity index is 1.92. The van der Waals surface area contributed by atoms with Crippen LogP contribution in [0.4, 0.5) is 11.4 Å².